The Morgan fingerprint density at radius 2 is 1.83 bits per heavy atom. The molecule has 2 atom stereocenters. The highest BCUT2D eigenvalue weighted by molar-refractivity contribution is 6.01. The van der Waals surface area contributed by atoms with Gasteiger partial charge in [-0.25, -0.2) is 14.4 Å². The van der Waals surface area contributed by atoms with E-state index in [1.165, 1.54) is 12.1 Å². The van der Waals surface area contributed by atoms with E-state index in [0.29, 0.717) is 0 Å². The fraction of sp³-hybridized carbons (Fsp3) is 0.250. The van der Waals surface area contributed by atoms with Crippen LogP contribution in [0.4, 0.5) is 0 Å². The summed E-state index contributed by atoms with van der Waals surface area (Å²) in [6.07, 6.45) is -3.35. The number of aliphatic hydroxyl groups excluding tert-OH is 1. The second-order valence-electron chi connectivity index (χ2n) is 3.88. The number of rotatable bonds is 2. The maximum absolute atomic E-state index is 11.7. The number of esters is 3. The fourth-order valence-corrected chi connectivity index (χ4v) is 1.46. The average Bonchev–Trinajstić information content (AvgIpc) is 2.57. The van der Waals surface area contributed by atoms with Crippen molar-refractivity contribution in [3.8, 4) is 0 Å². The SMILES string of the molecule is Cc1ccc(C(=O)OC2C(=O)OC(=O)C2O)cc1. The van der Waals surface area contributed by atoms with Crippen molar-refractivity contribution in [1.82, 2.24) is 0 Å². The Bertz CT molecular complexity index is 504. The van der Waals surface area contributed by atoms with Crippen LogP contribution in [-0.2, 0) is 19.1 Å². The lowest BCUT2D eigenvalue weighted by Crippen LogP contribution is -2.33. The summed E-state index contributed by atoms with van der Waals surface area (Å²) in [7, 11) is 0. The molecule has 1 aromatic carbocycles. The van der Waals surface area contributed by atoms with E-state index in [1.54, 1.807) is 12.1 Å². The summed E-state index contributed by atoms with van der Waals surface area (Å²) < 4.78 is 8.88. The highest BCUT2D eigenvalue weighted by atomic mass is 16.6. The predicted molar refractivity (Wildman–Crippen MR) is 57.5 cm³/mol. The smallest absolute Gasteiger partial charge is 0.358 e. The molecule has 1 aromatic rings. The molecule has 1 saturated heterocycles. The minimum absolute atomic E-state index is 0.222. The van der Waals surface area contributed by atoms with E-state index in [0.717, 1.165) is 5.56 Å². The van der Waals surface area contributed by atoms with E-state index >= 15 is 0 Å². The van der Waals surface area contributed by atoms with Crippen molar-refractivity contribution in [3.05, 3.63) is 35.4 Å². The van der Waals surface area contributed by atoms with Gasteiger partial charge in [0.05, 0.1) is 5.56 Å². The van der Waals surface area contributed by atoms with E-state index < -0.39 is 30.1 Å². The van der Waals surface area contributed by atoms with Gasteiger partial charge in [0.1, 0.15) is 0 Å². The van der Waals surface area contributed by atoms with Gasteiger partial charge in [0.15, 0.2) is 0 Å². The van der Waals surface area contributed by atoms with Crippen molar-refractivity contribution in [1.29, 1.82) is 0 Å². The van der Waals surface area contributed by atoms with Crippen LogP contribution in [0, 0.1) is 6.92 Å². The van der Waals surface area contributed by atoms with Gasteiger partial charge in [-0.15, -0.1) is 0 Å². The summed E-state index contributed by atoms with van der Waals surface area (Å²) in [4.78, 5) is 33.7. The molecule has 2 unspecified atom stereocenters. The molecule has 1 aliphatic heterocycles. The maximum Gasteiger partial charge on any atom is 0.358 e. The number of ether oxygens (including phenoxy) is 2. The lowest BCUT2D eigenvalue weighted by Gasteiger charge is -2.10. The lowest BCUT2D eigenvalue weighted by molar-refractivity contribution is -0.155. The molecule has 2 rings (SSSR count). The van der Waals surface area contributed by atoms with E-state index in [9.17, 15) is 19.5 Å². The van der Waals surface area contributed by atoms with Crippen LogP contribution in [0.1, 0.15) is 15.9 Å². The molecule has 1 fully saturated rings. The van der Waals surface area contributed by atoms with E-state index in [1.807, 2.05) is 6.92 Å². The minimum Gasteiger partial charge on any atom is -0.443 e. The van der Waals surface area contributed by atoms with Gasteiger partial charge >= 0.3 is 17.9 Å². The van der Waals surface area contributed by atoms with Crippen molar-refractivity contribution in [3.63, 3.8) is 0 Å². The molecule has 94 valence electrons. The van der Waals surface area contributed by atoms with Gasteiger partial charge < -0.3 is 14.6 Å². The first kappa shape index (κ1) is 12.3. The number of hydrogen-bond donors (Lipinski definition) is 1. The summed E-state index contributed by atoms with van der Waals surface area (Å²) in [5, 5.41) is 9.30. The Balaban J connectivity index is 2.10. The van der Waals surface area contributed by atoms with Gasteiger partial charge in [0.2, 0.25) is 12.2 Å². The number of carbonyl (C=O) groups excluding carboxylic acids is 3. The zero-order chi connectivity index (χ0) is 13.3. The van der Waals surface area contributed by atoms with Crippen LogP contribution < -0.4 is 0 Å². The second-order valence-corrected chi connectivity index (χ2v) is 3.88. The first-order chi connectivity index (χ1) is 8.49. The first-order valence-electron chi connectivity index (χ1n) is 5.20. The summed E-state index contributed by atoms with van der Waals surface area (Å²) in [6, 6.07) is 6.44. The van der Waals surface area contributed by atoms with E-state index in [-0.39, 0.29) is 5.56 Å². The molecule has 1 N–H and O–H groups in total. The van der Waals surface area contributed by atoms with Crippen molar-refractivity contribution >= 4 is 17.9 Å². The van der Waals surface area contributed by atoms with Crippen molar-refractivity contribution in [2.24, 2.45) is 0 Å². The summed E-state index contributed by atoms with van der Waals surface area (Å²) in [5.41, 5.74) is 1.18. The molecule has 0 aliphatic carbocycles. The van der Waals surface area contributed by atoms with Gasteiger partial charge in [-0.05, 0) is 19.1 Å². The molecule has 1 heterocycles. The molecule has 1 aliphatic rings. The standard InChI is InChI=1S/C12H10O6/c1-6-2-4-7(5-3-6)10(14)17-9-8(13)11(15)18-12(9)16/h2-5,8-9,13H,1H3. The van der Waals surface area contributed by atoms with Crippen LogP contribution in [-0.4, -0.2) is 35.2 Å². The summed E-state index contributed by atoms with van der Waals surface area (Å²) in [6.45, 7) is 1.85. The average molecular weight is 250 g/mol. The number of cyclic esters (lactones) is 2. The molecule has 0 radical (unpaired) electrons. The molecule has 18 heavy (non-hydrogen) atoms. The first-order valence-corrected chi connectivity index (χ1v) is 5.20. The Labute approximate surface area is 102 Å². The van der Waals surface area contributed by atoms with Crippen molar-refractivity contribution < 1.29 is 29.0 Å². The van der Waals surface area contributed by atoms with E-state index in [4.69, 9.17) is 4.74 Å². The third-order valence-corrected chi connectivity index (χ3v) is 2.48. The zero-order valence-electron chi connectivity index (χ0n) is 9.45. The largest absolute Gasteiger partial charge is 0.443 e. The molecule has 0 bridgehead atoms. The van der Waals surface area contributed by atoms with E-state index in [2.05, 4.69) is 4.74 Å². The molecule has 6 nitrogen and oxygen atoms in total. The highest BCUT2D eigenvalue weighted by Gasteiger charge is 2.46. The van der Waals surface area contributed by atoms with Crippen LogP contribution in [0.15, 0.2) is 24.3 Å². The Morgan fingerprint density at radius 3 is 2.33 bits per heavy atom. The molecule has 0 spiro atoms. The quantitative estimate of drug-likeness (QED) is 0.585. The fourth-order valence-electron chi connectivity index (χ4n) is 1.46. The van der Waals surface area contributed by atoms with Crippen molar-refractivity contribution in [2.75, 3.05) is 0 Å². The summed E-state index contributed by atoms with van der Waals surface area (Å²) in [5.74, 6) is -2.97. The zero-order valence-corrected chi connectivity index (χ0v) is 9.45. The Morgan fingerprint density at radius 1 is 1.22 bits per heavy atom. The highest BCUT2D eigenvalue weighted by Crippen LogP contribution is 2.15. The number of carbonyl (C=O) groups is 3. The predicted octanol–water partition coefficient (Wildman–Crippen LogP) is -0.0353. The topological polar surface area (TPSA) is 89.9 Å². The number of aryl methyl sites for hydroxylation is 1. The minimum atomic E-state index is -1.76. The van der Waals surface area contributed by atoms with Crippen LogP contribution in [0.25, 0.3) is 0 Å². The molecule has 0 saturated carbocycles. The van der Waals surface area contributed by atoms with Crippen LogP contribution in [0.2, 0.25) is 0 Å². The molecule has 0 aromatic heterocycles. The van der Waals surface area contributed by atoms with Crippen molar-refractivity contribution in [2.45, 2.75) is 19.1 Å². The lowest BCUT2D eigenvalue weighted by atomic mass is 10.1. The van der Waals surface area contributed by atoms with Gasteiger partial charge in [0.25, 0.3) is 0 Å². The van der Waals surface area contributed by atoms with Gasteiger partial charge in [-0.1, -0.05) is 17.7 Å². The number of benzene rings is 1. The third-order valence-electron chi connectivity index (χ3n) is 2.48. The van der Waals surface area contributed by atoms with Crippen LogP contribution >= 0.6 is 0 Å². The Kier molecular flexibility index (Phi) is 3.12. The van der Waals surface area contributed by atoms with Gasteiger partial charge in [0, 0.05) is 0 Å². The van der Waals surface area contributed by atoms with Gasteiger partial charge in [-0.2, -0.15) is 0 Å². The van der Waals surface area contributed by atoms with Crippen LogP contribution in [0.3, 0.4) is 0 Å². The number of hydrogen-bond acceptors (Lipinski definition) is 6. The molecular formula is C12H10O6. The Hall–Kier alpha value is -2.21. The summed E-state index contributed by atoms with van der Waals surface area (Å²) >= 11 is 0. The normalized spacial score (nSPS) is 22.8. The van der Waals surface area contributed by atoms with Gasteiger partial charge in [-0.3, -0.25) is 0 Å². The van der Waals surface area contributed by atoms with Crippen LogP contribution in [0.5, 0.6) is 0 Å². The molecule has 0 amide bonds. The molecule has 6 heteroatoms. The monoisotopic (exact) mass is 250 g/mol. The maximum atomic E-state index is 11.7. The third kappa shape index (κ3) is 2.23. The second kappa shape index (κ2) is 4.58. The molecular weight excluding hydrogens is 240 g/mol. The number of aliphatic hydroxyl groups is 1.